The van der Waals surface area contributed by atoms with Gasteiger partial charge in [0.15, 0.2) is 12.3 Å². The number of nitrogens with two attached hydrogens (primary N) is 1. The highest BCUT2D eigenvalue weighted by molar-refractivity contribution is 7.10. The molecule has 0 saturated heterocycles. The van der Waals surface area contributed by atoms with Crippen LogP contribution in [0, 0.1) is 0 Å². The van der Waals surface area contributed by atoms with Crippen molar-refractivity contribution in [2.45, 2.75) is 32.7 Å². The van der Waals surface area contributed by atoms with Gasteiger partial charge >= 0.3 is 0 Å². The van der Waals surface area contributed by atoms with Crippen LogP contribution in [0.15, 0.2) is 66.0 Å². The largest absolute Gasteiger partial charge is 0.328 e. The number of anilines is 1. The third-order valence-corrected chi connectivity index (χ3v) is 5.86. The Labute approximate surface area is 176 Å². The van der Waals surface area contributed by atoms with Gasteiger partial charge in [-0.25, -0.2) is 0 Å². The minimum atomic E-state index is -0.0916. The van der Waals surface area contributed by atoms with Gasteiger partial charge in [-0.1, -0.05) is 56.3 Å². The summed E-state index contributed by atoms with van der Waals surface area (Å²) in [6, 6.07) is 19.9. The summed E-state index contributed by atoms with van der Waals surface area (Å²) in [6.07, 6.45) is 0. The summed E-state index contributed by atoms with van der Waals surface area (Å²) in [4.78, 5) is 25.3. The maximum Gasteiger partial charge on any atom is 0.279 e. The first-order chi connectivity index (χ1) is 13.9. The Bertz CT molecular complexity index is 963. The molecular formula is C24H27N2O2S+. The van der Waals surface area contributed by atoms with Crippen molar-refractivity contribution in [3.05, 3.63) is 87.6 Å². The van der Waals surface area contributed by atoms with Crippen LogP contribution in [0.25, 0.3) is 0 Å². The number of rotatable bonds is 8. The highest BCUT2D eigenvalue weighted by Crippen LogP contribution is 2.24. The van der Waals surface area contributed by atoms with E-state index in [-0.39, 0.29) is 17.7 Å². The zero-order chi connectivity index (χ0) is 20.8. The molecule has 0 bridgehead atoms. The van der Waals surface area contributed by atoms with Crippen LogP contribution in [0.4, 0.5) is 5.69 Å². The number of benzene rings is 2. The summed E-state index contributed by atoms with van der Waals surface area (Å²) >= 11 is 1.70. The average Bonchev–Trinajstić information content (AvgIpc) is 3.23. The molecule has 5 heteroatoms. The van der Waals surface area contributed by atoms with Gasteiger partial charge in [0.05, 0.1) is 4.88 Å². The molecule has 1 amide bonds. The molecule has 29 heavy (non-hydrogen) atoms. The Hall–Kier alpha value is -2.76. The van der Waals surface area contributed by atoms with E-state index in [1.54, 1.807) is 35.6 Å². The topological polar surface area (TPSA) is 62.8 Å². The summed E-state index contributed by atoms with van der Waals surface area (Å²) in [7, 11) is 0. The lowest BCUT2D eigenvalue weighted by molar-refractivity contribution is -0.675. The molecule has 0 radical (unpaired) electrons. The molecule has 0 fully saturated rings. The van der Waals surface area contributed by atoms with Crippen LogP contribution in [0.2, 0.25) is 0 Å². The van der Waals surface area contributed by atoms with Crippen LogP contribution in [0.5, 0.6) is 0 Å². The predicted octanol–water partition coefficient (Wildman–Crippen LogP) is 4.37. The lowest BCUT2D eigenvalue weighted by Crippen LogP contribution is -2.87. The molecule has 0 saturated carbocycles. The van der Waals surface area contributed by atoms with E-state index < -0.39 is 0 Å². The molecule has 4 nitrogen and oxygen atoms in total. The first-order valence-electron chi connectivity index (χ1n) is 9.81. The second kappa shape index (κ2) is 9.63. The number of hydrogen-bond acceptors (Lipinski definition) is 3. The van der Waals surface area contributed by atoms with Gasteiger partial charge in [0.25, 0.3) is 5.91 Å². The number of Topliss-reactive ketones (excluding diaryl/α,β-unsaturated/α-hetero) is 1. The number of carbonyl (C=O) groups is 2. The van der Waals surface area contributed by atoms with Crippen LogP contribution in [-0.2, 0) is 4.79 Å². The Morgan fingerprint density at radius 1 is 1.00 bits per heavy atom. The van der Waals surface area contributed by atoms with Crippen molar-refractivity contribution in [1.82, 2.24) is 0 Å². The summed E-state index contributed by atoms with van der Waals surface area (Å²) in [6.45, 7) is 6.18. The third kappa shape index (κ3) is 5.62. The second-order valence-corrected chi connectivity index (χ2v) is 8.42. The molecule has 0 aliphatic carbocycles. The van der Waals surface area contributed by atoms with Gasteiger partial charge in [0.2, 0.25) is 0 Å². The van der Waals surface area contributed by atoms with Crippen LogP contribution < -0.4 is 10.6 Å². The molecule has 0 unspecified atom stereocenters. The van der Waals surface area contributed by atoms with Crippen molar-refractivity contribution in [1.29, 1.82) is 0 Å². The van der Waals surface area contributed by atoms with E-state index >= 15 is 0 Å². The van der Waals surface area contributed by atoms with Crippen LogP contribution in [0.1, 0.15) is 59.1 Å². The molecule has 1 atom stereocenters. The standard InChI is InChI=1S/C24H26N2O2S/c1-16(2)18-9-11-19(12-10-18)24(22-8-5-13-29-22)25-15-23(28)26-21-7-4-6-20(14-21)17(3)27/h4-14,16,24-25H,15H2,1-3H3,(H,26,28)/p+1/t24-/m0/s1. The second-order valence-electron chi connectivity index (χ2n) is 7.44. The van der Waals surface area contributed by atoms with E-state index in [2.05, 4.69) is 60.2 Å². The number of thiophene rings is 1. The normalized spacial score (nSPS) is 12.0. The Balaban J connectivity index is 1.69. The molecular weight excluding hydrogens is 380 g/mol. The summed E-state index contributed by atoms with van der Waals surface area (Å²) in [5, 5.41) is 7.01. The van der Waals surface area contributed by atoms with Gasteiger partial charge in [-0.15, -0.1) is 11.3 Å². The first-order valence-corrected chi connectivity index (χ1v) is 10.7. The van der Waals surface area contributed by atoms with Crippen molar-refractivity contribution >= 4 is 28.7 Å². The summed E-state index contributed by atoms with van der Waals surface area (Å²) < 4.78 is 0. The number of ketones is 1. The highest BCUT2D eigenvalue weighted by atomic mass is 32.1. The number of quaternary nitrogens is 1. The summed E-state index contributed by atoms with van der Waals surface area (Å²) in [5.41, 5.74) is 3.73. The fourth-order valence-corrected chi connectivity index (χ4v) is 4.08. The smallest absolute Gasteiger partial charge is 0.279 e. The number of hydrogen-bond donors (Lipinski definition) is 2. The van der Waals surface area contributed by atoms with Crippen molar-refractivity contribution < 1.29 is 14.9 Å². The average molecular weight is 408 g/mol. The Morgan fingerprint density at radius 3 is 2.34 bits per heavy atom. The van der Waals surface area contributed by atoms with Gasteiger partial charge in [0.1, 0.15) is 6.04 Å². The van der Waals surface area contributed by atoms with Crippen molar-refractivity contribution in [3.63, 3.8) is 0 Å². The van der Waals surface area contributed by atoms with Crippen LogP contribution in [-0.4, -0.2) is 18.2 Å². The highest BCUT2D eigenvalue weighted by Gasteiger charge is 2.20. The fourth-order valence-electron chi connectivity index (χ4n) is 3.23. The van der Waals surface area contributed by atoms with Crippen LogP contribution >= 0.6 is 11.3 Å². The van der Waals surface area contributed by atoms with Crippen molar-refractivity contribution in [2.75, 3.05) is 11.9 Å². The fraction of sp³-hybridized carbons (Fsp3) is 0.250. The zero-order valence-electron chi connectivity index (χ0n) is 17.0. The van der Waals surface area contributed by atoms with Gasteiger partial charge in [-0.2, -0.15) is 0 Å². The zero-order valence-corrected chi connectivity index (χ0v) is 17.8. The quantitative estimate of drug-likeness (QED) is 0.545. The minimum absolute atomic E-state index is 0.0183. The monoisotopic (exact) mass is 407 g/mol. The number of carbonyl (C=O) groups excluding carboxylic acids is 2. The van der Waals surface area contributed by atoms with Gasteiger partial charge < -0.3 is 10.6 Å². The molecule has 0 aliphatic heterocycles. The Morgan fingerprint density at radius 2 is 1.72 bits per heavy atom. The summed E-state index contributed by atoms with van der Waals surface area (Å²) in [5.74, 6) is 0.381. The van der Waals surface area contributed by atoms with Gasteiger partial charge in [0, 0.05) is 16.8 Å². The molecule has 1 aromatic heterocycles. The van der Waals surface area contributed by atoms with Crippen LogP contribution in [0.3, 0.4) is 0 Å². The first kappa shape index (κ1) is 21.0. The van der Waals surface area contributed by atoms with E-state index in [4.69, 9.17) is 0 Å². The van der Waals surface area contributed by atoms with Crippen molar-refractivity contribution in [2.24, 2.45) is 0 Å². The van der Waals surface area contributed by atoms with E-state index in [1.165, 1.54) is 22.9 Å². The molecule has 150 valence electrons. The molecule has 3 rings (SSSR count). The lowest BCUT2D eigenvalue weighted by Gasteiger charge is -2.16. The van der Waals surface area contributed by atoms with E-state index in [0.29, 0.717) is 23.7 Å². The number of amides is 1. The predicted molar refractivity (Wildman–Crippen MR) is 119 cm³/mol. The maximum atomic E-state index is 12.5. The minimum Gasteiger partial charge on any atom is -0.328 e. The molecule has 0 aliphatic rings. The number of nitrogens with one attached hydrogen (secondary N) is 1. The molecule has 0 spiro atoms. The lowest BCUT2D eigenvalue weighted by atomic mass is 9.98. The van der Waals surface area contributed by atoms with Gasteiger partial charge in [-0.3, -0.25) is 9.59 Å². The maximum absolute atomic E-state index is 12.5. The third-order valence-electron chi connectivity index (χ3n) is 4.90. The van der Waals surface area contributed by atoms with Gasteiger partial charge in [-0.05, 0) is 42.0 Å². The SMILES string of the molecule is CC(=O)c1cccc(NC(=O)C[NH2+][C@@H](c2ccc(C(C)C)cc2)c2cccs2)c1. The molecule has 1 heterocycles. The van der Waals surface area contributed by atoms with Crippen molar-refractivity contribution in [3.8, 4) is 0 Å². The Kier molecular flexibility index (Phi) is 6.96. The van der Waals surface area contributed by atoms with E-state index in [1.807, 2.05) is 6.07 Å². The van der Waals surface area contributed by atoms with E-state index in [9.17, 15) is 9.59 Å². The van der Waals surface area contributed by atoms with E-state index in [0.717, 1.165) is 0 Å². The molecule has 2 aromatic carbocycles. The molecule has 3 N–H and O–H groups in total. The molecule has 3 aromatic rings.